The van der Waals surface area contributed by atoms with Gasteiger partial charge in [0.05, 0.1) is 57.6 Å². The molecule has 156 valence electrons. The Morgan fingerprint density at radius 2 is 1.73 bits per heavy atom. The molecule has 0 aliphatic carbocycles. The lowest BCUT2D eigenvalue weighted by Gasteiger charge is -2.33. The molecule has 1 heterocycles. The van der Waals surface area contributed by atoms with Gasteiger partial charge in [0, 0.05) is 0 Å². The third-order valence-electron chi connectivity index (χ3n) is 6.08. The fourth-order valence-electron chi connectivity index (χ4n) is 4.02. The maximum absolute atomic E-state index is 13.1. The van der Waals surface area contributed by atoms with Crippen molar-refractivity contribution in [3.05, 3.63) is 66.2 Å². The maximum Gasteiger partial charge on any atom is 0.231 e. The number of quaternary nitrogens is 1. The lowest BCUT2D eigenvalue weighted by Crippen LogP contribution is -3.12. The Kier molecular flexibility index (Phi) is 5.91. The van der Waals surface area contributed by atoms with Gasteiger partial charge in [0.25, 0.3) is 0 Å². The summed E-state index contributed by atoms with van der Waals surface area (Å²) < 4.78 is 5.30. The van der Waals surface area contributed by atoms with Crippen molar-refractivity contribution in [2.24, 2.45) is 0 Å². The predicted molar refractivity (Wildman–Crippen MR) is 123 cm³/mol. The summed E-state index contributed by atoms with van der Waals surface area (Å²) in [5, 5.41) is 5.39. The van der Waals surface area contributed by atoms with Crippen molar-refractivity contribution in [1.29, 1.82) is 0 Å². The van der Waals surface area contributed by atoms with Crippen LogP contribution in [0.2, 0.25) is 0 Å². The van der Waals surface area contributed by atoms with Crippen LogP contribution in [0.1, 0.15) is 18.4 Å². The Morgan fingerprint density at radius 3 is 2.50 bits per heavy atom. The molecule has 1 saturated heterocycles. The van der Waals surface area contributed by atoms with Crippen LogP contribution >= 0.6 is 0 Å². The monoisotopic (exact) mass is 404 g/mol. The fraction of sp³-hybridized carbons (Fsp3) is 0.320. The van der Waals surface area contributed by atoms with Crippen molar-refractivity contribution >= 4 is 28.1 Å². The molecule has 4 rings (SSSR count). The van der Waals surface area contributed by atoms with Crippen molar-refractivity contribution in [2.75, 3.05) is 50.6 Å². The number of rotatable bonds is 5. The number of carbonyl (C=O) groups excluding carboxylic acids is 1. The first-order chi connectivity index (χ1) is 14.5. The van der Waals surface area contributed by atoms with Gasteiger partial charge in [-0.05, 0) is 47.5 Å². The van der Waals surface area contributed by atoms with Gasteiger partial charge < -0.3 is 19.9 Å². The van der Waals surface area contributed by atoms with E-state index in [1.807, 2.05) is 49.4 Å². The second kappa shape index (κ2) is 8.76. The van der Waals surface area contributed by atoms with Crippen molar-refractivity contribution in [3.8, 4) is 5.75 Å². The molecule has 1 fully saturated rings. The molecule has 30 heavy (non-hydrogen) atoms. The van der Waals surface area contributed by atoms with E-state index in [4.69, 9.17) is 4.74 Å². The number of hydrogen-bond donors (Lipinski definition) is 2. The van der Waals surface area contributed by atoms with E-state index in [1.54, 1.807) is 12.0 Å². The van der Waals surface area contributed by atoms with Crippen molar-refractivity contribution in [2.45, 2.75) is 12.8 Å². The number of fused-ring (bicyclic) bond motifs is 1. The zero-order valence-corrected chi connectivity index (χ0v) is 17.9. The van der Waals surface area contributed by atoms with E-state index in [9.17, 15) is 4.79 Å². The van der Waals surface area contributed by atoms with Gasteiger partial charge >= 0.3 is 0 Å². The summed E-state index contributed by atoms with van der Waals surface area (Å²) in [5.41, 5.74) is 3.00. The number of piperazine rings is 1. The Hall–Kier alpha value is -3.05. The number of anilines is 2. The number of methoxy groups -OCH3 is 1. The maximum atomic E-state index is 13.1. The van der Waals surface area contributed by atoms with Crippen LogP contribution in [0.15, 0.2) is 60.7 Å². The molecule has 0 bridgehead atoms. The SMILES string of the molecule is COc1ccc2cc([C@@H](C)C(=O)Nc3ccccc3N3CC[NH+](C)CC3)ccc2c1. The molecular weight excluding hydrogens is 374 g/mol. The quantitative estimate of drug-likeness (QED) is 0.687. The van der Waals surface area contributed by atoms with Gasteiger partial charge in [-0.15, -0.1) is 0 Å². The van der Waals surface area contributed by atoms with E-state index in [1.165, 1.54) is 0 Å². The van der Waals surface area contributed by atoms with Gasteiger partial charge in [-0.25, -0.2) is 0 Å². The van der Waals surface area contributed by atoms with E-state index in [-0.39, 0.29) is 11.8 Å². The molecule has 0 saturated carbocycles. The van der Waals surface area contributed by atoms with E-state index in [0.717, 1.165) is 59.6 Å². The summed E-state index contributed by atoms with van der Waals surface area (Å²) in [4.78, 5) is 17.0. The molecule has 1 aliphatic rings. The molecule has 1 amide bonds. The lowest BCUT2D eigenvalue weighted by molar-refractivity contribution is -0.880. The largest absolute Gasteiger partial charge is 0.497 e. The topological polar surface area (TPSA) is 46.0 Å². The van der Waals surface area contributed by atoms with Crippen LogP contribution in [-0.4, -0.2) is 46.2 Å². The summed E-state index contributed by atoms with van der Waals surface area (Å²) in [7, 11) is 3.90. The molecule has 1 atom stereocenters. The van der Waals surface area contributed by atoms with Gasteiger partial charge in [-0.1, -0.05) is 36.4 Å². The van der Waals surface area contributed by atoms with Gasteiger partial charge in [-0.2, -0.15) is 0 Å². The third-order valence-corrected chi connectivity index (χ3v) is 6.08. The highest BCUT2D eigenvalue weighted by Crippen LogP contribution is 2.29. The van der Waals surface area contributed by atoms with Crippen LogP contribution in [0, 0.1) is 0 Å². The second-order valence-corrected chi connectivity index (χ2v) is 8.14. The minimum Gasteiger partial charge on any atom is -0.497 e. The predicted octanol–water partition coefficient (Wildman–Crippen LogP) is 2.93. The number of carbonyl (C=O) groups is 1. The number of likely N-dealkylation sites (N-methyl/N-ethyl adjacent to an activating group) is 1. The first-order valence-electron chi connectivity index (χ1n) is 10.6. The van der Waals surface area contributed by atoms with Gasteiger partial charge in [0.2, 0.25) is 5.91 Å². The highest BCUT2D eigenvalue weighted by atomic mass is 16.5. The first-order valence-corrected chi connectivity index (χ1v) is 10.6. The van der Waals surface area contributed by atoms with Crippen LogP contribution in [0.25, 0.3) is 10.8 Å². The van der Waals surface area contributed by atoms with E-state index >= 15 is 0 Å². The van der Waals surface area contributed by atoms with Crippen molar-refractivity contribution in [3.63, 3.8) is 0 Å². The Bertz CT molecular complexity index is 1040. The van der Waals surface area contributed by atoms with Crippen LogP contribution in [0.4, 0.5) is 11.4 Å². The van der Waals surface area contributed by atoms with Crippen LogP contribution in [0.3, 0.4) is 0 Å². The molecule has 3 aromatic rings. The number of para-hydroxylation sites is 2. The van der Waals surface area contributed by atoms with E-state index in [2.05, 4.69) is 35.5 Å². The van der Waals surface area contributed by atoms with Gasteiger partial charge in [0.15, 0.2) is 0 Å². The molecule has 0 aromatic heterocycles. The van der Waals surface area contributed by atoms with Gasteiger partial charge in [0.1, 0.15) is 5.75 Å². The zero-order chi connectivity index (χ0) is 21.1. The number of hydrogen-bond acceptors (Lipinski definition) is 3. The minimum atomic E-state index is -0.249. The molecule has 0 spiro atoms. The second-order valence-electron chi connectivity index (χ2n) is 8.14. The summed E-state index contributed by atoms with van der Waals surface area (Å²) in [6, 6.07) is 20.3. The van der Waals surface area contributed by atoms with Crippen LogP contribution in [0.5, 0.6) is 5.75 Å². The normalized spacial score (nSPS) is 15.8. The van der Waals surface area contributed by atoms with Crippen LogP contribution in [-0.2, 0) is 4.79 Å². The summed E-state index contributed by atoms with van der Waals surface area (Å²) in [6.07, 6.45) is 0. The lowest BCUT2D eigenvalue weighted by atomic mass is 9.97. The molecule has 3 aromatic carbocycles. The molecule has 2 N–H and O–H groups in total. The first kappa shape index (κ1) is 20.2. The number of amides is 1. The van der Waals surface area contributed by atoms with Gasteiger partial charge in [-0.3, -0.25) is 4.79 Å². The van der Waals surface area contributed by atoms with Crippen molar-refractivity contribution in [1.82, 2.24) is 0 Å². The summed E-state index contributed by atoms with van der Waals surface area (Å²) in [6.45, 7) is 6.19. The van der Waals surface area contributed by atoms with E-state index in [0.29, 0.717) is 0 Å². The Morgan fingerprint density at radius 1 is 1.03 bits per heavy atom. The summed E-state index contributed by atoms with van der Waals surface area (Å²) in [5.74, 6) is 0.597. The Labute approximate surface area is 178 Å². The number of benzene rings is 3. The molecule has 1 aliphatic heterocycles. The smallest absolute Gasteiger partial charge is 0.231 e. The fourth-order valence-corrected chi connectivity index (χ4v) is 4.02. The number of ether oxygens (including phenoxy) is 1. The third kappa shape index (κ3) is 4.26. The minimum absolute atomic E-state index is 0.00932. The molecule has 5 heteroatoms. The highest BCUT2D eigenvalue weighted by molar-refractivity contribution is 5.99. The molecule has 0 unspecified atom stereocenters. The Balaban J connectivity index is 1.52. The van der Waals surface area contributed by atoms with Crippen LogP contribution < -0.4 is 19.9 Å². The van der Waals surface area contributed by atoms with E-state index < -0.39 is 0 Å². The average molecular weight is 405 g/mol. The number of nitrogens with zero attached hydrogens (tertiary/aromatic N) is 1. The molecular formula is C25H30N3O2+. The highest BCUT2D eigenvalue weighted by Gasteiger charge is 2.21. The average Bonchev–Trinajstić information content (AvgIpc) is 2.78. The number of nitrogens with one attached hydrogen (secondary N) is 2. The zero-order valence-electron chi connectivity index (χ0n) is 17.9. The standard InChI is InChI=1S/C25H29N3O2/c1-18(19-8-9-21-17-22(30-3)11-10-20(21)16-19)25(29)26-23-6-4-5-7-24(23)28-14-12-27(2)13-15-28/h4-11,16-18H,12-15H2,1-3H3,(H,26,29)/p+1/t18-/m1/s1. The molecule has 0 radical (unpaired) electrons. The molecule has 5 nitrogen and oxygen atoms in total. The van der Waals surface area contributed by atoms with Crippen molar-refractivity contribution < 1.29 is 14.4 Å². The summed E-state index contributed by atoms with van der Waals surface area (Å²) >= 11 is 0.